The highest BCUT2D eigenvalue weighted by molar-refractivity contribution is 6.36. The minimum Gasteiger partial charge on any atom is -0.455 e. The highest BCUT2D eigenvalue weighted by Crippen LogP contribution is 2.37. The summed E-state index contributed by atoms with van der Waals surface area (Å²) in [4.78, 5) is 35.5. The van der Waals surface area contributed by atoms with Crippen LogP contribution in [0.1, 0.15) is 30.0 Å². The smallest absolute Gasteiger partial charge is 0.289 e. The summed E-state index contributed by atoms with van der Waals surface area (Å²) in [5.74, 6) is -0.684. The Bertz CT molecular complexity index is 1310. The Kier molecular flexibility index (Phi) is 8.50. The van der Waals surface area contributed by atoms with Gasteiger partial charge in [0, 0.05) is 11.6 Å². The lowest BCUT2D eigenvalue weighted by molar-refractivity contribution is -0.384. The second-order valence-corrected chi connectivity index (χ2v) is 8.87. The number of rotatable bonds is 8. The lowest BCUT2D eigenvalue weighted by Crippen LogP contribution is -2.48. The van der Waals surface area contributed by atoms with Gasteiger partial charge in [0.1, 0.15) is 22.6 Å². The SMILES string of the molecule is CC(C)C(NC(=O)c1ccccc1Cl)C(=O)NN=Cc1ccc(-c2cc(Cl)c([N+](=O)[O-])cc2Cl)o1. The van der Waals surface area contributed by atoms with Gasteiger partial charge in [-0.2, -0.15) is 5.10 Å². The van der Waals surface area contributed by atoms with Gasteiger partial charge in [0.2, 0.25) is 0 Å². The molecule has 0 aliphatic rings. The van der Waals surface area contributed by atoms with Crippen molar-refractivity contribution in [1.82, 2.24) is 10.7 Å². The van der Waals surface area contributed by atoms with Crippen LogP contribution in [0.25, 0.3) is 11.3 Å². The van der Waals surface area contributed by atoms with Crippen molar-refractivity contribution in [1.29, 1.82) is 0 Å². The zero-order chi connectivity index (χ0) is 25.7. The highest BCUT2D eigenvalue weighted by Gasteiger charge is 2.25. The van der Waals surface area contributed by atoms with Gasteiger partial charge in [-0.1, -0.05) is 60.8 Å². The first-order valence-corrected chi connectivity index (χ1v) is 11.3. The molecular formula is C23H19Cl3N4O5. The Morgan fingerprint density at radius 3 is 2.43 bits per heavy atom. The number of carbonyl (C=O) groups is 2. The van der Waals surface area contributed by atoms with Crippen LogP contribution in [-0.2, 0) is 4.79 Å². The molecule has 35 heavy (non-hydrogen) atoms. The molecule has 1 atom stereocenters. The molecule has 0 spiro atoms. The van der Waals surface area contributed by atoms with Crippen molar-refractivity contribution < 1.29 is 18.9 Å². The fourth-order valence-corrected chi connectivity index (χ4v) is 3.77. The monoisotopic (exact) mass is 536 g/mol. The van der Waals surface area contributed by atoms with Gasteiger partial charge in [-0.25, -0.2) is 5.43 Å². The first-order chi connectivity index (χ1) is 16.6. The number of nitrogens with zero attached hydrogens (tertiary/aromatic N) is 2. The largest absolute Gasteiger partial charge is 0.455 e. The van der Waals surface area contributed by atoms with E-state index < -0.39 is 22.8 Å². The molecule has 0 bridgehead atoms. The lowest BCUT2D eigenvalue weighted by atomic mass is 10.0. The maximum atomic E-state index is 12.6. The topological polar surface area (TPSA) is 127 Å². The third-order valence-corrected chi connectivity index (χ3v) is 5.79. The molecule has 1 heterocycles. The van der Waals surface area contributed by atoms with E-state index in [9.17, 15) is 19.7 Å². The number of halogens is 3. The van der Waals surface area contributed by atoms with E-state index in [1.54, 1.807) is 50.2 Å². The van der Waals surface area contributed by atoms with Gasteiger partial charge in [-0.3, -0.25) is 19.7 Å². The maximum Gasteiger partial charge on any atom is 0.289 e. The molecule has 3 rings (SSSR count). The number of hydrogen-bond donors (Lipinski definition) is 2. The van der Waals surface area contributed by atoms with Crippen molar-refractivity contribution in [3.05, 3.63) is 85.0 Å². The number of nitro groups is 1. The fourth-order valence-electron chi connectivity index (χ4n) is 3.06. The van der Waals surface area contributed by atoms with Crippen LogP contribution in [-0.4, -0.2) is 29.0 Å². The van der Waals surface area contributed by atoms with E-state index in [2.05, 4.69) is 15.8 Å². The lowest BCUT2D eigenvalue weighted by Gasteiger charge is -2.20. The summed E-state index contributed by atoms with van der Waals surface area (Å²) in [6, 6.07) is 11.3. The molecule has 0 saturated heterocycles. The number of nitrogens with one attached hydrogen (secondary N) is 2. The quantitative estimate of drug-likeness (QED) is 0.216. The first-order valence-electron chi connectivity index (χ1n) is 10.2. The van der Waals surface area contributed by atoms with Crippen molar-refractivity contribution in [3.63, 3.8) is 0 Å². The molecule has 0 radical (unpaired) electrons. The summed E-state index contributed by atoms with van der Waals surface area (Å²) in [5.41, 5.74) is 2.66. The molecule has 1 aromatic heterocycles. The predicted octanol–water partition coefficient (Wildman–Crippen LogP) is 5.72. The molecule has 0 aliphatic heterocycles. The van der Waals surface area contributed by atoms with E-state index in [1.165, 1.54) is 12.3 Å². The number of furan rings is 1. The van der Waals surface area contributed by atoms with E-state index in [0.29, 0.717) is 11.3 Å². The molecule has 9 nitrogen and oxygen atoms in total. The molecule has 0 aliphatic carbocycles. The molecule has 0 fully saturated rings. The Hall–Kier alpha value is -3.40. The molecule has 182 valence electrons. The zero-order valence-corrected chi connectivity index (χ0v) is 20.7. The molecule has 3 aromatic rings. The minimum atomic E-state index is -0.871. The van der Waals surface area contributed by atoms with E-state index in [0.717, 1.165) is 6.07 Å². The molecule has 2 N–H and O–H groups in total. The summed E-state index contributed by atoms with van der Waals surface area (Å²) in [7, 11) is 0. The molecule has 0 saturated carbocycles. The number of hydrazone groups is 1. The van der Waals surface area contributed by atoms with Gasteiger partial charge < -0.3 is 9.73 Å². The summed E-state index contributed by atoms with van der Waals surface area (Å²) >= 11 is 18.2. The number of benzene rings is 2. The van der Waals surface area contributed by atoms with Crippen LogP contribution in [0.4, 0.5) is 5.69 Å². The van der Waals surface area contributed by atoms with Crippen molar-refractivity contribution in [2.75, 3.05) is 0 Å². The molecule has 2 amide bonds. The summed E-state index contributed by atoms with van der Waals surface area (Å²) in [5, 5.41) is 17.8. The van der Waals surface area contributed by atoms with Crippen LogP contribution >= 0.6 is 34.8 Å². The number of nitro benzene ring substituents is 1. The predicted molar refractivity (Wildman–Crippen MR) is 134 cm³/mol. The number of carbonyl (C=O) groups excluding carboxylic acids is 2. The third kappa shape index (κ3) is 6.39. The molecule has 12 heteroatoms. The van der Waals surface area contributed by atoms with Gasteiger partial charge in [0.15, 0.2) is 0 Å². The average Bonchev–Trinajstić information content (AvgIpc) is 3.27. The van der Waals surface area contributed by atoms with Crippen LogP contribution in [0, 0.1) is 16.0 Å². The van der Waals surface area contributed by atoms with Gasteiger partial charge >= 0.3 is 0 Å². The van der Waals surface area contributed by atoms with Gasteiger partial charge in [-0.15, -0.1) is 0 Å². The average molecular weight is 538 g/mol. The van der Waals surface area contributed by atoms with E-state index >= 15 is 0 Å². The fraction of sp³-hybridized carbons (Fsp3) is 0.174. The van der Waals surface area contributed by atoms with Crippen molar-refractivity contribution in [2.24, 2.45) is 11.0 Å². The Morgan fingerprint density at radius 1 is 1.06 bits per heavy atom. The summed E-state index contributed by atoms with van der Waals surface area (Å²) in [6.45, 7) is 3.55. The summed E-state index contributed by atoms with van der Waals surface area (Å²) < 4.78 is 5.63. The highest BCUT2D eigenvalue weighted by atomic mass is 35.5. The second kappa shape index (κ2) is 11.4. The van der Waals surface area contributed by atoms with Gasteiger partial charge in [0.25, 0.3) is 17.5 Å². The van der Waals surface area contributed by atoms with Crippen LogP contribution in [0.5, 0.6) is 0 Å². The Balaban J connectivity index is 1.68. The minimum absolute atomic E-state index is 0.0845. The standard InChI is InChI=1S/C23H19Cl3N4O5/c1-12(2)21(28-22(31)14-5-3-4-6-16(14)24)23(32)29-27-11-13-7-8-20(35-13)15-9-18(26)19(30(33)34)10-17(15)25/h3-12,21H,1-2H3,(H,28,31)(H,29,32). The molecular weight excluding hydrogens is 519 g/mol. The third-order valence-electron chi connectivity index (χ3n) is 4.85. The normalized spacial score (nSPS) is 12.1. The van der Waals surface area contributed by atoms with Crippen molar-refractivity contribution >= 4 is 58.5 Å². The maximum absolute atomic E-state index is 12.6. The Labute approximate surface area is 215 Å². The van der Waals surface area contributed by atoms with Gasteiger partial charge in [-0.05, 0) is 36.2 Å². The molecule has 1 unspecified atom stereocenters. The van der Waals surface area contributed by atoms with E-state index in [-0.39, 0.29) is 38.0 Å². The van der Waals surface area contributed by atoms with E-state index in [1.807, 2.05) is 0 Å². The molecule has 2 aromatic carbocycles. The zero-order valence-electron chi connectivity index (χ0n) is 18.4. The van der Waals surface area contributed by atoms with Gasteiger partial charge in [0.05, 0.1) is 26.7 Å². The number of amides is 2. The van der Waals surface area contributed by atoms with Crippen LogP contribution in [0.15, 0.2) is 58.0 Å². The van der Waals surface area contributed by atoms with Crippen molar-refractivity contribution in [2.45, 2.75) is 19.9 Å². The van der Waals surface area contributed by atoms with Crippen LogP contribution in [0.2, 0.25) is 15.1 Å². The number of hydrogen-bond acceptors (Lipinski definition) is 6. The Morgan fingerprint density at radius 2 is 1.77 bits per heavy atom. The summed E-state index contributed by atoms with van der Waals surface area (Å²) in [6.07, 6.45) is 1.26. The van der Waals surface area contributed by atoms with Crippen molar-refractivity contribution in [3.8, 4) is 11.3 Å². The van der Waals surface area contributed by atoms with E-state index in [4.69, 9.17) is 39.2 Å². The first kappa shape index (κ1) is 26.2. The van der Waals surface area contributed by atoms with Crippen LogP contribution in [0.3, 0.4) is 0 Å². The van der Waals surface area contributed by atoms with Crippen LogP contribution < -0.4 is 10.7 Å². The second-order valence-electron chi connectivity index (χ2n) is 7.65.